The molecule has 0 bridgehead atoms. The number of aromatic amines is 1. The maximum absolute atomic E-state index is 13.4. The van der Waals surface area contributed by atoms with Crippen LogP contribution in [0.1, 0.15) is 18.5 Å². The van der Waals surface area contributed by atoms with Gasteiger partial charge in [0.05, 0.1) is 10.7 Å². The first-order valence-corrected chi connectivity index (χ1v) is 9.10. The van der Waals surface area contributed by atoms with Crippen molar-refractivity contribution in [1.29, 1.82) is 0 Å². The molecule has 0 saturated carbocycles. The molecular formula is C20H18ClFN4O. The molecule has 1 aliphatic rings. The molecule has 7 heteroatoms. The molecule has 0 spiro atoms. The van der Waals surface area contributed by atoms with E-state index >= 15 is 0 Å². The monoisotopic (exact) mass is 384 g/mol. The van der Waals surface area contributed by atoms with Gasteiger partial charge in [-0.25, -0.2) is 9.37 Å². The van der Waals surface area contributed by atoms with Gasteiger partial charge in [-0.3, -0.25) is 4.79 Å². The zero-order chi connectivity index (χ0) is 18.8. The Balaban J connectivity index is 1.66. The Bertz CT molecular complexity index is 1030. The van der Waals surface area contributed by atoms with Crippen molar-refractivity contribution in [3.8, 4) is 0 Å². The van der Waals surface area contributed by atoms with Gasteiger partial charge in [0.1, 0.15) is 11.5 Å². The highest BCUT2D eigenvalue weighted by Crippen LogP contribution is 2.31. The Morgan fingerprint density at radius 3 is 3.00 bits per heavy atom. The lowest BCUT2D eigenvalue weighted by Crippen LogP contribution is -2.21. The number of carbonyl (C=O) groups is 1. The molecule has 0 unspecified atom stereocenters. The maximum atomic E-state index is 13.4. The van der Waals surface area contributed by atoms with E-state index in [9.17, 15) is 9.18 Å². The van der Waals surface area contributed by atoms with Crippen molar-refractivity contribution in [2.24, 2.45) is 0 Å². The number of benzene rings is 1. The van der Waals surface area contributed by atoms with E-state index in [4.69, 9.17) is 11.6 Å². The molecule has 27 heavy (non-hydrogen) atoms. The zero-order valence-corrected chi connectivity index (χ0v) is 15.3. The zero-order valence-electron chi connectivity index (χ0n) is 14.5. The van der Waals surface area contributed by atoms with Gasteiger partial charge in [-0.05, 0) is 48.7 Å². The molecule has 0 radical (unpaired) electrons. The van der Waals surface area contributed by atoms with Crippen LogP contribution in [0, 0.1) is 5.82 Å². The van der Waals surface area contributed by atoms with Crippen molar-refractivity contribution < 1.29 is 9.18 Å². The van der Waals surface area contributed by atoms with Gasteiger partial charge in [-0.1, -0.05) is 17.7 Å². The second-order valence-corrected chi connectivity index (χ2v) is 6.90. The molecule has 2 aromatic heterocycles. The summed E-state index contributed by atoms with van der Waals surface area (Å²) in [7, 11) is 0. The summed E-state index contributed by atoms with van der Waals surface area (Å²) in [5.41, 5.74) is 4.49. The van der Waals surface area contributed by atoms with E-state index in [1.54, 1.807) is 23.2 Å². The van der Waals surface area contributed by atoms with Crippen LogP contribution in [0.25, 0.3) is 16.6 Å². The molecule has 3 aromatic rings. The molecule has 1 aromatic carbocycles. The number of amides is 1. The van der Waals surface area contributed by atoms with Crippen LogP contribution in [-0.4, -0.2) is 34.4 Å². The summed E-state index contributed by atoms with van der Waals surface area (Å²) in [5.74, 6) is -0.448. The first kappa shape index (κ1) is 17.5. The number of nitrogens with one attached hydrogen (secondary N) is 2. The lowest BCUT2D eigenvalue weighted by Gasteiger charge is -2.10. The van der Waals surface area contributed by atoms with Crippen molar-refractivity contribution in [2.45, 2.75) is 12.8 Å². The molecule has 5 nitrogen and oxygen atoms in total. The predicted molar refractivity (Wildman–Crippen MR) is 106 cm³/mol. The summed E-state index contributed by atoms with van der Waals surface area (Å²) in [4.78, 5) is 20.5. The lowest BCUT2D eigenvalue weighted by molar-refractivity contribution is -0.117. The van der Waals surface area contributed by atoms with Gasteiger partial charge < -0.3 is 15.2 Å². The van der Waals surface area contributed by atoms with Crippen LogP contribution in [0.5, 0.6) is 0 Å². The Morgan fingerprint density at radius 1 is 1.30 bits per heavy atom. The number of pyridine rings is 1. The fourth-order valence-electron chi connectivity index (χ4n) is 3.27. The SMILES string of the molecule is O=CN1CC=C(c2cc3c(Nc4ccc(F)c(Cl)c4)ccnc3[nH]2)CCC1. The van der Waals surface area contributed by atoms with Crippen LogP contribution in [0.4, 0.5) is 15.8 Å². The summed E-state index contributed by atoms with van der Waals surface area (Å²) in [6.45, 7) is 1.38. The summed E-state index contributed by atoms with van der Waals surface area (Å²) in [5, 5.41) is 4.28. The minimum Gasteiger partial charge on any atom is -0.355 e. The molecule has 138 valence electrons. The number of halogens is 2. The quantitative estimate of drug-likeness (QED) is 0.639. The Labute approximate surface area is 160 Å². The Morgan fingerprint density at radius 2 is 2.19 bits per heavy atom. The molecule has 4 rings (SSSR count). The van der Waals surface area contributed by atoms with Gasteiger partial charge in [-0.15, -0.1) is 0 Å². The van der Waals surface area contributed by atoms with Gasteiger partial charge in [0.2, 0.25) is 6.41 Å². The van der Waals surface area contributed by atoms with Crippen LogP contribution < -0.4 is 5.32 Å². The van der Waals surface area contributed by atoms with Gasteiger partial charge in [-0.2, -0.15) is 0 Å². The van der Waals surface area contributed by atoms with Crippen LogP contribution >= 0.6 is 11.6 Å². The lowest BCUT2D eigenvalue weighted by atomic mass is 10.1. The molecular weight excluding hydrogens is 367 g/mol. The molecule has 1 amide bonds. The van der Waals surface area contributed by atoms with E-state index < -0.39 is 5.82 Å². The van der Waals surface area contributed by atoms with E-state index in [0.717, 1.165) is 48.2 Å². The highest BCUT2D eigenvalue weighted by Gasteiger charge is 2.14. The van der Waals surface area contributed by atoms with E-state index in [1.165, 1.54) is 11.6 Å². The Hall–Kier alpha value is -2.86. The second-order valence-electron chi connectivity index (χ2n) is 6.49. The third kappa shape index (κ3) is 3.66. The molecule has 2 N–H and O–H groups in total. The third-order valence-corrected chi connectivity index (χ3v) is 4.98. The van der Waals surface area contributed by atoms with Crippen LogP contribution in [0.2, 0.25) is 5.02 Å². The smallest absolute Gasteiger partial charge is 0.209 e. The second kappa shape index (κ2) is 7.40. The minimum absolute atomic E-state index is 0.0726. The van der Waals surface area contributed by atoms with Crippen molar-refractivity contribution in [2.75, 3.05) is 18.4 Å². The third-order valence-electron chi connectivity index (χ3n) is 4.69. The van der Waals surface area contributed by atoms with Crippen LogP contribution in [0.3, 0.4) is 0 Å². The average Bonchev–Trinajstić information content (AvgIpc) is 2.96. The number of fused-ring (bicyclic) bond motifs is 1. The van der Waals surface area contributed by atoms with Crippen molar-refractivity contribution in [3.63, 3.8) is 0 Å². The summed E-state index contributed by atoms with van der Waals surface area (Å²) >= 11 is 5.87. The van der Waals surface area contributed by atoms with Crippen molar-refractivity contribution in [3.05, 3.63) is 59.1 Å². The number of carbonyl (C=O) groups excluding carboxylic acids is 1. The number of hydrogen-bond acceptors (Lipinski definition) is 3. The largest absolute Gasteiger partial charge is 0.355 e. The van der Waals surface area contributed by atoms with Gasteiger partial charge in [0.25, 0.3) is 0 Å². The average molecular weight is 385 g/mol. The fourth-order valence-corrected chi connectivity index (χ4v) is 3.45. The Kier molecular flexibility index (Phi) is 4.81. The number of rotatable bonds is 4. The van der Waals surface area contributed by atoms with Crippen LogP contribution in [0.15, 0.2) is 42.6 Å². The molecule has 0 aliphatic carbocycles. The molecule has 0 atom stereocenters. The summed E-state index contributed by atoms with van der Waals surface area (Å²) in [6, 6.07) is 8.45. The first-order chi connectivity index (χ1) is 13.1. The molecule has 0 fully saturated rings. The minimum atomic E-state index is -0.448. The molecule has 3 heterocycles. The van der Waals surface area contributed by atoms with Crippen molar-refractivity contribution in [1.82, 2.24) is 14.9 Å². The normalized spacial score (nSPS) is 14.7. The summed E-state index contributed by atoms with van der Waals surface area (Å²) < 4.78 is 13.4. The van der Waals surface area contributed by atoms with Gasteiger partial charge >= 0.3 is 0 Å². The van der Waals surface area contributed by atoms with E-state index in [1.807, 2.05) is 6.07 Å². The predicted octanol–water partition coefficient (Wildman–Crippen LogP) is 4.73. The van der Waals surface area contributed by atoms with Gasteiger partial charge in [0.15, 0.2) is 0 Å². The van der Waals surface area contributed by atoms with Gasteiger partial charge in [0, 0.05) is 36.1 Å². The van der Waals surface area contributed by atoms with Crippen molar-refractivity contribution >= 4 is 46.0 Å². The number of H-pyrrole nitrogens is 1. The number of hydrogen-bond donors (Lipinski definition) is 2. The van der Waals surface area contributed by atoms with E-state index in [2.05, 4.69) is 27.4 Å². The number of allylic oxidation sites excluding steroid dienone is 1. The highest BCUT2D eigenvalue weighted by molar-refractivity contribution is 6.31. The van der Waals surface area contributed by atoms with E-state index in [-0.39, 0.29) is 5.02 Å². The number of aromatic nitrogens is 2. The number of nitrogens with zero attached hydrogens (tertiary/aromatic N) is 2. The standard InChI is InChI=1S/C20H18ClFN4O/c21-16-10-14(3-4-17(16)22)24-18-5-7-23-20-15(18)11-19(25-20)13-2-1-8-26(12-27)9-6-13/h3-7,10-12H,1-2,8-9H2,(H2,23,24,25). The fraction of sp³-hybridized carbons (Fsp3) is 0.200. The summed E-state index contributed by atoms with van der Waals surface area (Å²) in [6.07, 6.45) is 6.51. The molecule has 0 saturated heterocycles. The maximum Gasteiger partial charge on any atom is 0.209 e. The van der Waals surface area contributed by atoms with Crippen LogP contribution in [-0.2, 0) is 4.79 Å². The number of anilines is 2. The first-order valence-electron chi connectivity index (χ1n) is 8.72. The van der Waals surface area contributed by atoms with E-state index in [0.29, 0.717) is 12.2 Å². The topological polar surface area (TPSA) is 61.0 Å². The molecule has 1 aliphatic heterocycles. The highest BCUT2D eigenvalue weighted by atomic mass is 35.5.